The van der Waals surface area contributed by atoms with E-state index in [-0.39, 0.29) is 12.3 Å². The van der Waals surface area contributed by atoms with Crippen molar-refractivity contribution < 1.29 is 14.1 Å². The maximum atomic E-state index is 12.3. The fourth-order valence-electron chi connectivity index (χ4n) is 3.23. The molecule has 0 aliphatic rings. The lowest BCUT2D eigenvalue weighted by Crippen LogP contribution is -2.13. The molecule has 0 fully saturated rings. The molecule has 0 atom stereocenters. The molecular weight excluding hydrogens is 408 g/mol. The second-order valence-electron chi connectivity index (χ2n) is 7.26. The van der Waals surface area contributed by atoms with Crippen LogP contribution in [0.2, 0.25) is 0 Å². The van der Waals surface area contributed by atoms with Crippen LogP contribution >= 0.6 is 0 Å². The van der Waals surface area contributed by atoms with Gasteiger partial charge in [0.25, 0.3) is 0 Å². The largest absolute Gasteiger partial charge is 0.494 e. The van der Waals surface area contributed by atoms with Crippen LogP contribution in [0.1, 0.15) is 30.6 Å². The first-order chi connectivity index (χ1) is 15.5. The average Bonchev–Trinajstić information content (AvgIpc) is 3.39. The minimum absolute atomic E-state index is 0.161. The summed E-state index contributed by atoms with van der Waals surface area (Å²) < 4.78 is 12.5. The SMILES string of the molecule is CCOc1ccc(-c2noc(CCC(=O)Nc3ccc(-n4nc(C)cc4C)nc3)n2)cc1. The third-order valence-corrected chi connectivity index (χ3v) is 4.72. The molecule has 32 heavy (non-hydrogen) atoms. The predicted molar refractivity (Wildman–Crippen MR) is 119 cm³/mol. The molecule has 0 aliphatic heterocycles. The average molecular weight is 432 g/mol. The number of amides is 1. The molecule has 0 saturated carbocycles. The fraction of sp³-hybridized carbons (Fsp3) is 0.261. The van der Waals surface area contributed by atoms with Crippen molar-refractivity contribution in [1.29, 1.82) is 0 Å². The zero-order valence-corrected chi connectivity index (χ0v) is 18.2. The van der Waals surface area contributed by atoms with Crippen molar-refractivity contribution in [2.45, 2.75) is 33.6 Å². The smallest absolute Gasteiger partial charge is 0.227 e. The number of aryl methyl sites for hydroxylation is 3. The Morgan fingerprint density at radius 3 is 2.62 bits per heavy atom. The lowest BCUT2D eigenvalue weighted by atomic mass is 10.2. The lowest BCUT2D eigenvalue weighted by molar-refractivity contribution is -0.116. The summed E-state index contributed by atoms with van der Waals surface area (Å²) in [6, 6.07) is 13.1. The zero-order chi connectivity index (χ0) is 22.5. The molecular formula is C23H24N6O3. The summed E-state index contributed by atoms with van der Waals surface area (Å²) in [5, 5.41) is 11.2. The highest BCUT2D eigenvalue weighted by Gasteiger charge is 2.12. The molecule has 0 saturated heterocycles. The van der Waals surface area contributed by atoms with E-state index < -0.39 is 0 Å². The Hall–Kier alpha value is -4.01. The normalized spacial score (nSPS) is 10.8. The zero-order valence-electron chi connectivity index (χ0n) is 18.2. The summed E-state index contributed by atoms with van der Waals surface area (Å²) in [6.07, 6.45) is 2.16. The van der Waals surface area contributed by atoms with Gasteiger partial charge in [-0.3, -0.25) is 4.79 Å². The number of aromatic nitrogens is 5. The Bertz CT molecular complexity index is 1200. The van der Waals surface area contributed by atoms with Crippen molar-refractivity contribution in [3.63, 3.8) is 0 Å². The molecule has 164 valence electrons. The van der Waals surface area contributed by atoms with Crippen LogP contribution in [0.25, 0.3) is 17.2 Å². The van der Waals surface area contributed by atoms with Gasteiger partial charge in [-0.25, -0.2) is 9.67 Å². The van der Waals surface area contributed by atoms with E-state index in [0.29, 0.717) is 36.2 Å². The van der Waals surface area contributed by atoms with Crippen LogP contribution < -0.4 is 10.1 Å². The van der Waals surface area contributed by atoms with E-state index in [1.807, 2.05) is 57.2 Å². The Morgan fingerprint density at radius 1 is 1.16 bits per heavy atom. The minimum Gasteiger partial charge on any atom is -0.494 e. The van der Waals surface area contributed by atoms with Gasteiger partial charge >= 0.3 is 0 Å². The number of rotatable bonds is 8. The molecule has 0 bridgehead atoms. The van der Waals surface area contributed by atoms with Crippen molar-refractivity contribution in [2.75, 3.05) is 11.9 Å². The summed E-state index contributed by atoms with van der Waals surface area (Å²) in [5.41, 5.74) is 3.35. The standard InChI is InChI=1S/C23H24N6O3/c1-4-31-19-8-5-17(6-9-19)23-26-22(32-28-23)12-11-21(30)25-18-7-10-20(24-14-18)29-16(3)13-15(2)27-29/h5-10,13-14H,4,11-12H2,1-3H3,(H,25,30). The second kappa shape index (κ2) is 9.42. The van der Waals surface area contributed by atoms with Crippen LogP contribution in [-0.4, -0.2) is 37.4 Å². The maximum absolute atomic E-state index is 12.3. The van der Waals surface area contributed by atoms with E-state index >= 15 is 0 Å². The Morgan fingerprint density at radius 2 is 1.97 bits per heavy atom. The Kier molecular flexibility index (Phi) is 6.25. The van der Waals surface area contributed by atoms with E-state index in [1.165, 1.54) is 0 Å². The molecule has 3 aromatic heterocycles. The van der Waals surface area contributed by atoms with Crippen LogP contribution in [0.5, 0.6) is 5.75 Å². The summed E-state index contributed by atoms with van der Waals surface area (Å²) >= 11 is 0. The van der Waals surface area contributed by atoms with Gasteiger partial charge in [0.05, 0.1) is 24.2 Å². The van der Waals surface area contributed by atoms with Crippen molar-refractivity contribution in [2.24, 2.45) is 0 Å². The number of hydrogen-bond acceptors (Lipinski definition) is 7. The number of pyridine rings is 1. The van der Waals surface area contributed by atoms with E-state index in [0.717, 1.165) is 22.7 Å². The Labute approximate surface area is 185 Å². The Balaban J connectivity index is 1.31. The van der Waals surface area contributed by atoms with Gasteiger partial charge in [-0.2, -0.15) is 10.1 Å². The number of nitrogens with one attached hydrogen (secondary N) is 1. The van der Waals surface area contributed by atoms with Crippen LogP contribution in [0, 0.1) is 13.8 Å². The molecule has 1 amide bonds. The number of benzene rings is 1. The van der Waals surface area contributed by atoms with E-state index in [4.69, 9.17) is 9.26 Å². The quantitative estimate of drug-likeness (QED) is 0.450. The molecule has 4 rings (SSSR count). The first kappa shape index (κ1) is 21.2. The molecule has 9 nitrogen and oxygen atoms in total. The first-order valence-electron chi connectivity index (χ1n) is 10.4. The molecule has 1 N–H and O–H groups in total. The number of nitrogens with zero attached hydrogens (tertiary/aromatic N) is 5. The van der Waals surface area contributed by atoms with Crippen LogP contribution in [0.15, 0.2) is 53.2 Å². The van der Waals surface area contributed by atoms with Crippen molar-refractivity contribution >= 4 is 11.6 Å². The summed E-state index contributed by atoms with van der Waals surface area (Å²) in [5.74, 6) is 2.20. The second-order valence-corrected chi connectivity index (χ2v) is 7.26. The van der Waals surface area contributed by atoms with Crippen molar-refractivity contribution in [1.82, 2.24) is 24.9 Å². The van der Waals surface area contributed by atoms with E-state index in [1.54, 1.807) is 16.9 Å². The number of hydrogen-bond donors (Lipinski definition) is 1. The van der Waals surface area contributed by atoms with Gasteiger partial charge in [-0.1, -0.05) is 5.16 Å². The third-order valence-electron chi connectivity index (χ3n) is 4.72. The molecule has 0 radical (unpaired) electrons. The number of anilines is 1. The minimum atomic E-state index is -0.161. The van der Waals surface area contributed by atoms with Crippen molar-refractivity contribution in [3.8, 4) is 23.0 Å². The first-order valence-corrected chi connectivity index (χ1v) is 10.4. The molecule has 0 spiro atoms. The number of carbonyl (C=O) groups is 1. The summed E-state index contributed by atoms with van der Waals surface area (Å²) in [7, 11) is 0. The molecule has 1 aromatic carbocycles. The third kappa shape index (κ3) is 5.00. The van der Waals surface area contributed by atoms with E-state index in [2.05, 4.69) is 25.5 Å². The highest BCUT2D eigenvalue weighted by atomic mass is 16.5. The van der Waals surface area contributed by atoms with Gasteiger partial charge in [0.15, 0.2) is 5.82 Å². The summed E-state index contributed by atoms with van der Waals surface area (Å²) in [6.45, 7) is 6.44. The highest BCUT2D eigenvalue weighted by molar-refractivity contribution is 5.90. The van der Waals surface area contributed by atoms with Crippen LogP contribution in [0.3, 0.4) is 0 Å². The van der Waals surface area contributed by atoms with Gasteiger partial charge < -0.3 is 14.6 Å². The van der Waals surface area contributed by atoms with Gasteiger partial charge in [0, 0.05) is 24.1 Å². The number of carbonyl (C=O) groups excluding carboxylic acids is 1. The fourth-order valence-corrected chi connectivity index (χ4v) is 3.23. The van der Waals surface area contributed by atoms with Crippen molar-refractivity contribution in [3.05, 3.63) is 65.9 Å². The van der Waals surface area contributed by atoms with Gasteiger partial charge in [0.2, 0.25) is 17.6 Å². The predicted octanol–water partition coefficient (Wildman–Crippen LogP) is 3.90. The monoisotopic (exact) mass is 432 g/mol. The van der Waals surface area contributed by atoms with Gasteiger partial charge in [0.1, 0.15) is 5.75 Å². The topological polar surface area (TPSA) is 108 Å². The van der Waals surface area contributed by atoms with Crippen LogP contribution in [0.4, 0.5) is 5.69 Å². The lowest BCUT2D eigenvalue weighted by Gasteiger charge is -2.06. The highest BCUT2D eigenvalue weighted by Crippen LogP contribution is 2.20. The van der Waals surface area contributed by atoms with Crippen LogP contribution in [-0.2, 0) is 11.2 Å². The van der Waals surface area contributed by atoms with Gasteiger partial charge in [-0.05, 0) is 63.2 Å². The molecule has 0 aliphatic carbocycles. The number of ether oxygens (including phenoxy) is 1. The molecule has 3 heterocycles. The molecule has 0 unspecified atom stereocenters. The molecule has 4 aromatic rings. The molecule has 9 heteroatoms. The van der Waals surface area contributed by atoms with E-state index in [9.17, 15) is 4.79 Å². The van der Waals surface area contributed by atoms with Gasteiger partial charge in [-0.15, -0.1) is 0 Å². The summed E-state index contributed by atoms with van der Waals surface area (Å²) in [4.78, 5) is 21.1. The maximum Gasteiger partial charge on any atom is 0.227 e.